The Morgan fingerprint density at radius 3 is 1.28 bits per heavy atom. The molecule has 0 heterocycles. The molecule has 0 fully saturated rings. The lowest BCUT2D eigenvalue weighted by molar-refractivity contribution is -0.291. The van der Waals surface area contributed by atoms with Crippen molar-refractivity contribution in [2.24, 2.45) is 0 Å². The molecule has 0 radical (unpaired) electrons. The Balaban J connectivity index is 3.62. The van der Waals surface area contributed by atoms with Gasteiger partial charge in [0.05, 0.1) is 0 Å². The van der Waals surface area contributed by atoms with Gasteiger partial charge in [-0.3, -0.25) is 0 Å². The molecule has 0 aliphatic rings. The van der Waals surface area contributed by atoms with Gasteiger partial charge in [-0.2, -0.15) is 30.7 Å². The van der Waals surface area contributed by atoms with Crippen molar-refractivity contribution in [1.82, 2.24) is 0 Å². The first kappa shape index (κ1) is 25.5. The van der Waals surface area contributed by atoms with Gasteiger partial charge >= 0.3 is 23.6 Å². The van der Waals surface area contributed by atoms with Crippen molar-refractivity contribution < 1.29 is 61.5 Å². The molecular formula is C14H10F14Si. The highest BCUT2D eigenvalue weighted by molar-refractivity contribution is 6.92. The maximum atomic E-state index is 14.4. The van der Waals surface area contributed by atoms with Crippen LogP contribution in [-0.2, 0) is 0 Å². The molecule has 0 aliphatic heterocycles. The van der Waals surface area contributed by atoms with E-state index in [2.05, 4.69) is 0 Å². The lowest BCUT2D eigenvalue weighted by atomic mass is 10.1. The van der Waals surface area contributed by atoms with E-state index in [1.54, 1.807) is 0 Å². The molecule has 1 aromatic rings. The Labute approximate surface area is 154 Å². The zero-order valence-electron chi connectivity index (χ0n) is 14.2. The van der Waals surface area contributed by atoms with Gasteiger partial charge in [-0.05, 0) is 0 Å². The van der Waals surface area contributed by atoms with Crippen molar-refractivity contribution in [2.45, 2.75) is 49.5 Å². The van der Waals surface area contributed by atoms with E-state index in [0.717, 1.165) is 0 Å². The third-order valence-corrected chi connectivity index (χ3v) is 7.77. The lowest BCUT2D eigenvalue weighted by Crippen LogP contribution is -2.71. The molecule has 0 unspecified atom stereocenters. The minimum absolute atomic E-state index is 0.0843. The molecule has 0 saturated heterocycles. The third-order valence-electron chi connectivity index (χ3n) is 4.20. The number of hydrogen-bond acceptors (Lipinski definition) is 0. The largest absolute Gasteiger partial charge is 0.389 e. The van der Waals surface area contributed by atoms with Gasteiger partial charge in [0.1, 0.15) is 0 Å². The molecule has 168 valence electrons. The maximum absolute atomic E-state index is 14.4. The number of alkyl halides is 9. The lowest BCUT2D eigenvalue weighted by Gasteiger charge is -2.41. The quantitative estimate of drug-likeness (QED) is 0.204. The van der Waals surface area contributed by atoms with Gasteiger partial charge in [0.25, 0.3) is 0 Å². The highest BCUT2D eigenvalue weighted by Gasteiger charge is 2.77. The number of halogens is 14. The van der Waals surface area contributed by atoms with Crippen LogP contribution in [0.25, 0.3) is 0 Å². The third kappa shape index (κ3) is 4.06. The van der Waals surface area contributed by atoms with Gasteiger partial charge in [0.2, 0.25) is 5.82 Å². The summed E-state index contributed by atoms with van der Waals surface area (Å²) in [7, 11) is -6.04. The van der Waals surface area contributed by atoms with Crippen LogP contribution in [0.2, 0.25) is 13.1 Å². The number of hydrogen-bond donors (Lipinski definition) is 0. The van der Waals surface area contributed by atoms with E-state index >= 15 is 0 Å². The first-order valence-corrected chi connectivity index (χ1v) is 10.4. The molecule has 0 N–H and O–H groups in total. The first-order valence-electron chi connectivity index (χ1n) is 7.35. The van der Waals surface area contributed by atoms with Crippen LogP contribution < -0.4 is 5.19 Å². The highest BCUT2D eigenvalue weighted by Crippen LogP contribution is 2.52. The molecule has 15 heteroatoms. The fourth-order valence-corrected chi connectivity index (χ4v) is 4.99. The summed E-state index contributed by atoms with van der Waals surface area (Å²) >= 11 is 0. The van der Waals surface area contributed by atoms with Gasteiger partial charge in [-0.1, -0.05) is 13.1 Å². The van der Waals surface area contributed by atoms with Crippen LogP contribution in [0, 0.1) is 29.1 Å². The Hall–Kier alpha value is -1.54. The predicted molar refractivity (Wildman–Crippen MR) is 73.5 cm³/mol. The summed E-state index contributed by atoms with van der Waals surface area (Å²) < 4.78 is 187. The summed E-state index contributed by atoms with van der Waals surface area (Å²) in [4.78, 5) is 0. The van der Waals surface area contributed by atoms with Crippen molar-refractivity contribution in [3.63, 3.8) is 0 Å². The van der Waals surface area contributed by atoms with E-state index in [0.29, 0.717) is 0 Å². The molecule has 0 nitrogen and oxygen atoms in total. The second-order valence-electron chi connectivity index (χ2n) is 6.54. The van der Waals surface area contributed by atoms with Crippen molar-refractivity contribution in [3.05, 3.63) is 29.1 Å². The zero-order valence-corrected chi connectivity index (χ0v) is 15.2. The first-order chi connectivity index (χ1) is 12.6. The number of rotatable bonds is 6. The molecule has 0 saturated carbocycles. The monoisotopic (exact) mass is 472 g/mol. The second-order valence-corrected chi connectivity index (χ2v) is 10.9. The fraction of sp³-hybridized carbons (Fsp3) is 0.571. The molecule has 0 atom stereocenters. The summed E-state index contributed by atoms with van der Waals surface area (Å²) in [6.07, 6.45) is -10.8. The van der Waals surface area contributed by atoms with E-state index < -0.39 is 78.8 Å². The molecule has 1 aromatic carbocycles. The SMILES string of the molecule is C[Si](C)(c1c(F)c(F)c(F)c(F)c1F)C(F)(F)C(F)(F)C(F)(F)CCC(F)(F)F. The van der Waals surface area contributed by atoms with Crippen molar-refractivity contribution in [3.8, 4) is 0 Å². The molecule has 0 aliphatic carbocycles. The van der Waals surface area contributed by atoms with Gasteiger partial charge in [0, 0.05) is 18.0 Å². The fourth-order valence-electron chi connectivity index (χ4n) is 2.39. The van der Waals surface area contributed by atoms with Crippen LogP contribution in [0.3, 0.4) is 0 Å². The number of benzene rings is 1. The zero-order chi connectivity index (χ0) is 23.4. The van der Waals surface area contributed by atoms with Crippen LogP contribution in [-0.4, -0.2) is 31.6 Å². The van der Waals surface area contributed by atoms with Crippen molar-refractivity contribution in [2.75, 3.05) is 0 Å². The molecule has 0 amide bonds. The molecule has 1 rings (SSSR count). The average molecular weight is 472 g/mol. The molecule has 0 spiro atoms. The van der Waals surface area contributed by atoms with E-state index in [1.165, 1.54) is 0 Å². The van der Waals surface area contributed by atoms with Crippen LogP contribution in [0.15, 0.2) is 0 Å². The Kier molecular flexibility index (Phi) is 6.42. The molecule has 0 aromatic heterocycles. The topological polar surface area (TPSA) is 0 Å². The molecular weight excluding hydrogens is 462 g/mol. The van der Waals surface area contributed by atoms with Crippen LogP contribution in [0.4, 0.5) is 61.5 Å². The van der Waals surface area contributed by atoms with E-state index in [-0.39, 0.29) is 13.1 Å². The van der Waals surface area contributed by atoms with E-state index in [1.807, 2.05) is 0 Å². The summed E-state index contributed by atoms with van der Waals surface area (Å²) in [5, 5.41) is -2.40. The second kappa shape index (κ2) is 7.30. The summed E-state index contributed by atoms with van der Waals surface area (Å²) in [6.45, 7) is -0.169. The highest BCUT2D eigenvalue weighted by atomic mass is 28.3. The predicted octanol–water partition coefficient (Wildman–Crippen LogP) is 6.09. The standard InChI is InChI=1S/C14H10F14Si/c1-29(2,10-8(18)6(16)5(15)7(17)9(10)19)14(27,28)13(25,26)11(20,21)3-4-12(22,23)24/h3-4H2,1-2H3. The van der Waals surface area contributed by atoms with Crippen LogP contribution in [0.5, 0.6) is 0 Å². The summed E-state index contributed by atoms with van der Waals surface area (Å²) in [5.41, 5.74) is -6.13. The van der Waals surface area contributed by atoms with Gasteiger partial charge in [0.15, 0.2) is 31.3 Å². The Morgan fingerprint density at radius 2 is 0.931 bits per heavy atom. The smallest absolute Gasteiger partial charge is 0.204 e. The summed E-state index contributed by atoms with van der Waals surface area (Å²) in [6, 6.07) is 0. The minimum atomic E-state index is -6.61. The van der Waals surface area contributed by atoms with Crippen LogP contribution >= 0.6 is 0 Å². The Bertz CT molecular complexity index is 750. The summed E-state index contributed by atoms with van der Waals surface area (Å²) in [5.74, 6) is -26.8. The minimum Gasteiger partial charge on any atom is -0.204 e. The molecule has 29 heavy (non-hydrogen) atoms. The van der Waals surface area contributed by atoms with Gasteiger partial charge in [-0.15, -0.1) is 0 Å². The van der Waals surface area contributed by atoms with Crippen molar-refractivity contribution in [1.29, 1.82) is 0 Å². The Morgan fingerprint density at radius 1 is 0.586 bits per heavy atom. The normalized spacial score (nSPS) is 14.5. The average Bonchev–Trinajstić information content (AvgIpc) is 2.55. The van der Waals surface area contributed by atoms with Gasteiger partial charge in [-0.25, -0.2) is 30.7 Å². The molecule has 0 bridgehead atoms. The van der Waals surface area contributed by atoms with Crippen molar-refractivity contribution >= 4 is 13.3 Å². The maximum Gasteiger partial charge on any atom is 0.389 e. The van der Waals surface area contributed by atoms with Crippen LogP contribution in [0.1, 0.15) is 12.8 Å². The van der Waals surface area contributed by atoms with Gasteiger partial charge < -0.3 is 0 Å². The van der Waals surface area contributed by atoms with E-state index in [4.69, 9.17) is 0 Å². The van der Waals surface area contributed by atoms with E-state index in [9.17, 15) is 61.5 Å².